The van der Waals surface area contributed by atoms with Crippen LogP contribution in [-0.4, -0.2) is 19.6 Å². The molecule has 21 heavy (non-hydrogen) atoms. The number of benzene rings is 2. The van der Waals surface area contributed by atoms with E-state index in [-0.39, 0.29) is 12.5 Å². The summed E-state index contributed by atoms with van der Waals surface area (Å²) in [6.07, 6.45) is 0. The molecule has 0 spiro atoms. The third-order valence-corrected chi connectivity index (χ3v) is 3.25. The van der Waals surface area contributed by atoms with Crippen LogP contribution in [0.1, 0.15) is 5.56 Å². The van der Waals surface area contributed by atoms with Gasteiger partial charge in [-0.05, 0) is 31.2 Å². The Morgan fingerprint density at radius 2 is 1.81 bits per heavy atom. The van der Waals surface area contributed by atoms with Gasteiger partial charge in [0.05, 0.1) is 18.7 Å². The van der Waals surface area contributed by atoms with Gasteiger partial charge in [0, 0.05) is 17.4 Å². The zero-order valence-electron chi connectivity index (χ0n) is 11.9. The van der Waals surface area contributed by atoms with E-state index >= 15 is 0 Å². The molecule has 0 bridgehead atoms. The van der Waals surface area contributed by atoms with Crippen molar-refractivity contribution < 1.29 is 9.53 Å². The summed E-state index contributed by atoms with van der Waals surface area (Å²) in [5.74, 6) is 0.452. The Balaban J connectivity index is 1.90. The first kappa shape index (κ1) is 15.2. The normalized spacial score (nSPS) is 10.0. The van der Waals surface area contributed by atoms with E-state index in [9.17, 15) is 4.79 Å². The molecule has 4 nitrogen and oxygen atoms in total. The molecule has 110 valence electrons. The Hall–Kier alpha value is -2.20. The van der Waals surface area contributed by atoms with Gasteiger partial charge in [0.2, 0.25) is 5.91 Å². The zero-order valence-corrected chi connectivity index (χ0v) is 12.7. The third kappa shape index (κ3) is 4.39. The van der Waals surface area contributed by atoms with Crippen LogP contribution in [0.2, 0.25) is 5.02 Å². The van der Waals surface area contributed by atoms with Crippen LogP contribution in [0.3, 0.4) is 0 Å². The van der Waals surface area contributed by atoms with E-state index in [0.717, 1.165) is 16.9 Å². The zero-order chi connectivity index (χ0) is 15.2. The van der Waals surface area contributed by atoms with Gasteiger partial charge in [0.15, 0.2) is 0 Å². The Kier molecular flexibility index (Phi) is 5.06. The molecule has 2 aromatic rings. The Bertz CT molecular complexity index is 627. The quantitative estimate of drug-likeness (QED) is 0.885. The van der Waals surface area contributed by atoms with Crippen LogP contribution in [-0.2, 0) is 4.79 Å². The van der Waals surface area contributed by atoms with E-state index in [0.29, 0.717) is 10.8 Å². The van der Waals surface area contributed by atoms with Crippen molar-refractivity contribution >= 4 is 28.9 Å². The maximum absolute atomic E-state index is 11.9. The van der Waals surface area contributed by atoms with Crippen LogP contribution >= 0.6 is 11.6 Å². The highest BCUT2D eigenvalue weighted by Crippen LogP contribution is 2.27. The summed E-state index contributed by atoms with van der Waals surface area (Å²) in [6, 6.07) is 12.9. The number of nitrogens with one attached hydrogen (secondary N) is 2. The number of methoxy groups -OCH3 is 1. The number of anilines is 2. The summed E-state index contributed by atoms with van der Waals surface area (Å²) in [5.41, 5.74) is 2.70. The lowest BCUT2D eigenvalue weighted by Gasteiger charge is -2.10. The first-order chi connectivity index (χ1) is 10.1. The molecule has 0 heterocycles. The van der Waals surface area contributed by atoms with Gasteiger partial charge in [0.1, 0.15) is 5.75 Å². The van der Waals surface area contributed by atoms with Gasteiger partial charge in [-0.1, -0.05) is 29.3 Å². The average molecular weight is 305 g/mol. The van der Waals surface area contributed by atoms with Gasteiger partial charge in [-0.25, -0.2) is 0 Å². The molecule has 0 unspecified atom stereocenters. The number of amides is 1. The fraction of sp³-hybridized carbons (Fsp3) is 0.188. The highest BCUT2D eigenvalue weighted by atomic mass is 35.5. The van der Waals surface area contributed by atoms with Crippen molar-refractivity contribution in [2.45, 2.75) is 6.92 Å². The standard InChI is InChI=1S/C16H17ClN2O2/c1-11-3-5-12(6-4-11)19-16(20)10-18-13-7-8-14(17)15(9-13)21-2/h3-9,18H,10H2,1-2H3,(H,19,20). The molecule has 1 amide bonds. The third-order valence-electron chi connectivity index (χ3n) is 2.94. The summed E-state index contributed by atoms with van der Waals surface area (Å²) in [7, 11) is 1.55. The first-order valence-electron chi connectivity index (χ1n) is 6.52. The summed E-state index contributed by atoms with van der Waals surface area (Å²) in [6.45, 7) is 2.17. The number of hydrogen-bond donors (Lipinski definition) is 2. The summed E-state index contributed by atoms with van der Waals surface area (Å²) < 4.78 is 5.13. The van der Waals surface area contributed by atoms with E-state index in [2.05, 4.69) is 10.6 Å². The lowest BCUT2D eigenvalue weighted by Crippen LogP contribution is -2.21. The first-order valence-corrected chi connectivity index (χ1v) is 6.90. The van der Waals surface area contributed by atoms with Crippen LogP contribution in [0.5, 0.6) is 5.75 Å². The molecule has 2 rings (SSSR count). The monoisotopic (exact) mass is 304 g/mol. The molecular formula is C16H17ClN2O2. The number of hydrogen-bond acceptors (Lipinski definition) is 3. The van der Waals surface area contributed by atoms with Crippen LogP contribution in [0.4, 0.5) is 11.4 Å². The second kappa shape index (κ2) is 6.99. The maximum Gasteiger partial charge on any atom is 0.243 e. The topological polar surface area (TPSA) is 50.4 Å². The fourth-order valence-electron chi connectivity index (χ4n) is 1.79. The van der Waals surface area contributed by atoms with Gasteiger partial charge in [-0.2, -0.15) is 0 Å². The van der Waals surface area contributed by atoms with E-state index in [4.69, 9.17) is 16.3 Å². The van der Waals surface area contributed by atoms with Gasteiger partial charge in [0.25, 0.3) is 0 Å². The lowest BCUT2D eigenvalue weighted by atomic mass is 10.2. The number of aryl methyl sites for hydroxylation is 1. The molecule has 0 aliphatic carbocycles. The predicted molar refractivity (Wildman–Crippen MR) is 86.3 cm³/mol. The number of ether oxygens (including phenoxy) is 1. The van der Waals surface area contributed by atoms with Gasteiger partial charge >= 0.3 is 0 Å². The number of carbonyl (C=O) groups is 1. The minimum Gasteiger partial charge on any atom is -0.495 e. The molecule has 0 saturated carbocycles. The number of carbonyl (C=O) groups excluding carboxylic acids is 1. The Labute approximate surface area is 129 Å². The molecule has 0 aromatic heterocycles. The van der Waals surface area contributed by atoms with Gasteiger partial charge in [-0.15, -0.1) is 0 Å². The van der Waals surface area contributed by atoms with Crippen molar-refractivity contribution in [3.05, 3.63) is 53.1 Å². The lowest BCUT2D eigenvalue weighted by molar-refractivity contribution is -0.114. The molecule has 0 aliphatic rings. The van der Waals surface area contributed by atoms with Crippen LogP contribution in [0, 0.1) is 6.92 Å². The maximum atomic E-state index is 11.9. The van der Waals surface area contributed by atoms with Crippen molar-refractivity contribution in [1.29, 1.82) is 0 Å². The second-order valence-corrected chi connectivity index (χ2v) is 5.02. The molecule has 0 aliphatic heterocycles. The largest absolute Gasteiger partial charge is 0.495 e. The second-order valence-electron chi connectivity index (χ2n) is 4.62. The van der Waals surface area contributed by atoms with Crippen molar-refractivity contribution in [1.82, 2.24) is 0 Å². The van der Waals surface area contributed by atoms with Crippen LogP contribution in [0.15, 0.2) is 42.5 Å². The van der Waals surface area contributed by atoms with Crippen LogP contribution in [0.25, 0.3) is 0 Å². The smallest absolute Gasteiger partial charge is 0.243 e. The van der Waals surface area contributed by atoms with Crippen molar-refractivity contribution in [2.24, 2.45) is 0 Å². The molecule has 0 fully saturated rings. The summed E-state index contributed by atoms with van der Waals surface area (Å²) in [4.78, 5) is 11.9. The van der Waals surface area contributed by atoms with E-state index in [1.807, 2.05) is 31.2 Å². The van der Waals surface area contributed by atoms with Gasteiger partial charge < -0.3 is 15.4 Å². The average Bonchev–Trinajstić information content (AvgIpc) is 2.49. The molecule has 0 radical (unpaired) electrons. The molecular weight excluding hydrogens is 288 g/mol. The highest BCUT2D eigenvalue weighted by molar-refractivity contribution is 6.32. The molecule has 0 saturated heterocycles. The number of halogens is 1. The minimum atomic E-state index is -0.118. The molecule has 5 heteroatoms. The Morgan fingerprint density at radius 3 is 2.48 bits per heavy atom. The fourth-order valence-corrected chi connectivity index (χ4v) is 1.99. The van der Waals surface area contributed by atoms with E-state index < -0.39 is 0 Å². The molecule has 2 N–H and O–H groups in total. The Morgan fingerprint density at radius 1 is 1.14 bits per heavy atom. The van der Waals surface area contributed by atoms with Crippen molar-refractivity contribution in [2.75, 3.05) is 24.3 Å². The van der Waals surface area contributed by atoms with Crippen molar-refractivity contribution in [3.8, 4) is 5.75 Å². The van der Waals surface area contributed by atoms with E-state index in [1.165, 1.54) is 0 Å². The minimum absolute atomic E-state index is 0.118. The SMILES string of the molecule is COc1cc(NCC(=O)Nc2ccc(C)cc2)ccc1Cl. The molecule has 2 aromatic carbocycles. The summed E-state index contributed by atoms with van der Waals surface area (Å²) in [5, 5.41) is 6.38. The molecule has 0 atom stereocenters. The van der Waals surface area contributed by atoms with E-state index in [1.54, 1.807) is 25.3 Å². The highest BCUT2D eigenvalue weighted by Gasteiger charge is 2.05. The number of rotatable bonds is 5. The van der Waals surface area contributed by atoms with Crippen molar-refractivity contribution in [3.63, 3.8) is 0 Å². The van der Waals surface area contributed by atoms with Crippen LogP contribution < -0.4 is 15.4 Å². The predicted octanol–water partition coefficient (Wildman–Crippen LogP) is 3.71. The van der Waals surface area contributed by atoms with Gasteiger partial charge in [-0.3, -0.25) is 4.79 Å². The summed E-state index contributed by atoms with van der Waals surface area (Å²) >= 11 is 5.95.